The maximum absolute atomic E-state index is 12.3. The lowest BCUT2D eigenvalue weighted by atomic mass is 10.2. The molecular weight excluding hydrogens is 388 g/mol. The molecule has 0 saturated carbocycles. The molecule has 2 aromatic rings. The van der Waals surface area contributed by atoms with Crippen molar-refractivity contribution in [1.29, 1.82) is 0 Å². The zero-order valence-electron chi connectivity index (χ0n) is 16.3. The van der Waals surface area contributed by atoms with Crippen LogP contribution in [0.3, 0.4) is 0 Å². The van der Waals surface area contributed by atoms with Crippen molar-refractivity contribution in [2.75, 3.05) is 44.8 Å². The predicted molar refractivity (Wildman–Crippen MR) is 114 cm³/mol. The monoisotopic (exact) mass is 412 g/mol. The van der Waals surface area contributed by atoms with E-state index in [-0.39, 0.29) is 12.5 Å². The van der Waals surface area contributed by atoms with Gasteiger partial charge in [0.05, 0.1) is 7.11 Å². The fourth-order valence-electron chi connectivity index (χ4n) is 2.95. The first kappa shape index (κ1) is 20.8. The lowest BCUT2D eigenvalue weighted by Gasteiger charge is -2.36. The standard InChI is InChI=1S/C22H24N2O4S/c1-27-19-9-7-18(8-10-19)23-12-14-24(15-13-23)21(25)17-28-22(26)11-16-29-20-5-3-2-4-6-20/h2-11,16H,12-15,17H2,1H3/b16-11+. The molecule has 6 nitrogen and oxygen atoms in total. The van der Waals surface area contributed by atoms with E-state index in [9.17, 15) is 9.59 Å². The van der Waals surface area contributed by atoms with E-state index in [0.29, 0.717) is 13.1 Å². The van der Waals surface area contributed by atoms with Crippen molar-refractivity contribution in [3.8, 4) is 5.75 Å². The number of ether oxygens (including phenoxy) is 2. The third-order valence-corrected chi connectivity index (χ3v) is 5.38. The van der Waals surface area contributed by atoms with Gasteiger partial charge in [0.25, 0.3) is 5.91 Å². The smallest absolute Gasteiger partial charge is 0.331 e. The molecule has 0 atom stereocenters. The van der Waals surface area contributed by atoms with Gasteiger partial charge in [0, 0.05) is 42.8 Å². The minimum absolute atomic E-state index is 0.170. The largest absolute Gasteiger partial charge is 0.497 e. The van der Waals surface area contributed by atoms with Crippen molar-refractivity contribution >= 4 is 29.3 Å². The van der Waals surface area contributed by atoms with Crippen molar-refractivity contribution in [2.45, 2.75) is 4.90 Å². The number of piperazine rings is 1. The molecule has 2 aromatic carbocycles. The van der Waals surface area contributed by atoms with E-state index < -0.39 is 5.97 Å². The van der Waals surface area contributed by atoms with Gasteiger partial charge < -0.3 is 19.3 Å². The molecule has 0 aromatic heterocycles. The number of amides is 1. The van der Waals surface area contributed by atoms with Crippen molar-refractivity contribution in [1.82, 2.24) is 4.90 Å². The number of carbonyl (C=O) groups excluding carboxylic acids is 2. The van der Waals surface area contributed by atoms with Crippen LogP contribution in [0.1, 0.15) is 0 Å². The van der Waals surface area contributed by atoms with Gasteiger partial charge in [-0.1, -0.05) is 30.0 Å². The van der Waals surface area contributed by atoms with Crippen LogP contribution in [0, 0.1) is 0 Å². The maximum Gasteiger partial charge on any atom is 0.331 e. The Bertz CT molecular complexity index is 832. The zero-order chi connectivity index (χ0) is 20.5. The van der Waals surface area contributed by atoms with Crippen LogP contribution in [-0.4, -0.2) is 56.7 Å². The number of benzene rings is 2. The maximum atomic E-state index is 12.3. The summed E-state index contributed by atoms with van der Waals surface area (Å²) in [4.78, 5) is 29.1. The summed E-state index contributed by atoms with van der Waals surface area (Å²) in [7, 11) is 1.64. The van der Waals surface area contributed by atoms with Crippen LogP contribution < -0.4 is 9.64 Å². The Labute approximate surface area is 175 Å². The van der Waals surface area contributed by atoms with E-state index in [0.717, 1.165) is 29.4 Å². The Hall–Kier alpha value is -2.93. The molecule has 152 valence electrons. The highest BCUT2D eigenvalue weighted by Crippen LogP contribution is 2.20. The van der Waals surface area contributed by atoms with Gasteiger partial charge in [-0.2, -0.15) is 0 Å². The second-order valence-electron chi connectivity index (χ2n) is 6.41. The Kier molecular flexibility index (Phi) is 7.58. The first-order valence-electron chi connectivity index (χ1n) is 9.37. The Morgan fingerprint density at radius 3 is 2.34 bits per heavy atom. The number of carbonyl (C=O) groups is 2. The topological polar surface area (TPSA) is 59.1 Å². The van der Waals surface area contributed by atoms with Crippen LogP contribution in [0.4, 0.5) is 5.69 Å². The summed E-state index contributed by atoms with van der Waals surface area (Å²) < 4.78 is 10.3. The van der Waals surface area contributed by atoms with E-state index in [4.69, 9.17) is 9.47 Å². The van der Waals surface area contributed by atoms with E-state index in [1.165, 1.54) is 17.8 Å². The molecule has 0 aliphatic carbocycles. The second-order valence-corrected chi connectivity index (χ2v) is 7.39. The molecule has 0 unspecified atom stereocenters. The molecular formula is C22H24N2O4S. The van der Waals surface area contributed by atoms with Crippen LogP contribution >= 0.6 is 11.8 Å². The minimum Gasteiger partial charge on any atom is -0.497 e. The van der Waals surface area contributed by atoms with E-state index in [1.807, 2.05) is 54.6 Å². The first-order chi connectivity index (χ1) is 14.2. The molecule has 1 saturated heterocycles. The number of anilines is 1. The zero-order valence-corrected chi connectivity index (χ0v) is 17.1. The van der Waals surface area contributed by atoms with Gasteiger partial charge in [0.1, 0.15) is 5.75 Å². The summed E-state index contributed by atoms with van der Waals surface area (Å²) in [5.74, 6) is 0.135. The quantitative estimate of drug-likeness (QED) is 0.395. The normalized spacial score (nSPS) is 14.1. The number of thioether (sulfide) groups is 1. The number of methoxy groups -OCH3 is 1. The predicted octanol–water partition coefficient (Wildman–Crippen LogP) is 3.19. The fraction of sp³-hybridized carbons (Fsp3) is 0.273. The molecule has 29 heavy (non-hydrogen) atoms. The van der Waals surface area contributed by atoms with Gasteiger partial charge in [-0.05, 0) is 41.8 Å². The third-order valence-electron chi connectivity index (χ3n) is 4.56. The number of nitrogens with zero attached hydrogens (tertiary/aromatic N) is 2. The van der Waals surface area contributed by atoms with Crippen LogP contribution in [0.25, 0.3) is 0 Å². The third kappa shape index (κ3) is 6.29. The van der Waals surface area contributed by atoms with Crippen molar-refractivity contribution in [2.24, 2.45) is 0 Å². The van der Waals surface area contributed by atoms with Crippen molar-refractivity contribution < 1.29 is 19.1 Å². The molecule has 0 N–H and O–H groups in total. The summed E-state index contributed by atoms with van der Waals surface area (Å²) in [6.45, 7) is 2.44. The van der Waals surface area contributed by atoms with Gasteiger partial charge in [-0.3, -0.25) is 4.79 Å². The molecule has 0 radical (unpaired) electrons. The lowest BCUT2D eigenvalue weighted by Crippen LogP contribution is -2.49. The molecule has 3 rings (SSSR count). The summed E-state index contributed by atoms with van der Waals surface area (Å²) >= 11 is 1.42. The summed E-state index contributed by atoms with van der Waals surface area (Å²) in [5, 5.41) is 1.66. The highest BCUT2D eigenvalue weighted by molar-refractivity contribution is 8.02. The van der Waals surface area contributed by atoms with Crippen molar-refractivity contribution in [3.63, 3.8) is 0 Å². The van der Waals surface area contributed by atoms with Crippen LogP contribution in [-0.2, 0) is 14.3 Å². The van der Waals surface area contributed by atoms with Gasteiger partial charge in [0.15, 0.2) is 6.61 Å². The van der Waals surface area contributed by atoms with E-state index >= 15 is 0 Å². The van der Waals surface area contributed by atoms with Crippen LogP contribution in [0.5, 0.6) is 5.75 Å². The highest BCUT2D eigenvalue weighted by atomic mass is 32.2. The number of rotatable bonds is 7. The molecule has 1 fully saturated rings. The first-order valence-corrected chi connectivity index (χ1v) is 10.3. The Morgan fingerprint density at radius 2 is 1.69 bits per heavy atom. The van der Waals surface area contributed by atoms with Crippen LogP contribution in [0.15, 0.2) is 71.0 Å². The molecule has 1 aliphatic heterocycles. The number of esters is 1. The average molecular weight is 413 g/mol. The number of hydrogen-bond donors (Lipinski definition) is 0. The molecule has 1 amide bonds. The highest BCUT2D eigenvalue weighted by Gasteiger charge is 2.22. The summed E-state index contributed by atoms with van der Waals surface area (Å²) in [6, 6.07) is 17.6. The Morgan fingerprint density at radius 1 is 1.00 bits per heavy atom. The molecule has 0 spiro atoms. The SMILES string of the molecule is COc1ccc(N2CCN(C(=O)COC(=O)/C=C/Sc3ccccc3)CC2)cc1. The second kappa shape index (κ2) is 10.6. The Balaban J connectivity index is 1.38. The molecule has 1 aliphatic rings. The molecule has 0 bridgehead atoms. The lowest BCUT2D eigenvalue weighted by molar-refractivity contribution is -0.148. The van der Waals surface area contributed by atoms with Gasteiger partial charge in [-0.15, -0.1) is 0 Å². The van der Waals surface area contributed by atoms with E-state index in [2.05, 4.69) is 4.90 Å². The number of hydrogen-bond acceptors (Lipinski definition) is 6. The van der Waals surface area contributed by atoms with Crippen LogP contribution in [0.2, 0.25) is 0 Å². The van der Waals surface area contributed by atoms with E-state index in [1.54, 1.807) is 17.4 Å². The molecule has 1 heterocycles. The molecule has 7 heteroatoms. The summed E-state index contributed by atoms with van der Waals surface area (Å²) in [6.07, 6.45) is 1.34. The van der Waals surface area contributed by atoms with Crippen molar-refractivity contribution in [3.05, 3.63) is 66.1 Å². The minimum atomic E-state index is -0.515. The summed E-state index contributed by atoms with van der Waals surface area (Å²) in [5.41, 5.74) is 1.10. The van der Waals surface area contributed by atoms with Gasteiger partial charge in [0.2, 0.25) is 0 Å². The van der Waals surface area contributed by atoms with Gasteiger partial charge >= 0.3 is 5.97 Å². The fourth-order valence-corrected chi connectivity index (χ4v) is 3.60. The average Bonchev–Trinajstić information content (AvgIpc) is 2.78. The van der Waals surface area contributed by atoms with Gasteiger partial charge in [-0.25, -0.2) is 4.79 Å².